The van der Waals surface area contributed by atoms with Crippen molar-refractivity contribution in [3.05, 3.63) is 0 Å². The molecule has 0 aromatic rings. The molecule has 3 fully saturated rings. The van der Waals surface area contributed by atoms with Gasteiger partial charge in [-0.3, -0.25) is 0 Å². The SMILES string of the molecule is CC1CCC(N2CCC(CNC3CC3)CC2)CC1. The van der Waals surface area contributed by atoms with Gasteiger partial charge in [0.25, 0.3) is 0 Å². The molecule has 1 N–H and O–H groups in total. The lowest BCUT2D eigenvalue weighted by Crippen LogP contribution is -2.44. The maximum atomic E-state index is 3.71. The zero-order chi connectivity index (χ0) is 12.4. The van der Waals surface area contributed by atoms with Crippen LogP contribution < -0.4 is 5.32 Å². The average molecular weight is 250 g/mol. The highest BCUT2D eigenvalue weighted by molar-refractivity contribution is 4.85. The number of nitrogens with zero attached hydrogens (tertiary/aromatic N) is 1. The fraction of sp³-hybridized carbons (Fsp3) is 1.00. The second-order valence-electron chi connectivity index (χ2n) is 7.08. The van der Waals surface area contributed by atoms with Crippen molar-refractivity contribution in [2.75, 3.05) is 19.6 Å². The van der Waals surface area contributed by atoms with Crippen molar-refractivity contribution in [2.45, 2.75) is 70.4 Å². The maximum Gasteiger partial charge on any atom is 0.00954 e. The highest BCUT2D eigenvalue weighted by atomic mass is 15.2. The summed E-state index contributed by atoms with van der Waals surface area (Å²) in [6.07, 6.45) is 11.6. The first-order valence-corrected chi connectivity index (χ1v) is 8.28. The van der Waals surface area contributed by atoms with Gasteiger partial charge in [0, 0.05) is 12.1 Å². The molecule has 0 spiro atoms. The third-order valence-corrected chi connectivity index (χ3v) is 5.42. The Labute approximate surface area is 113 Å². The zero-order valence-corrected chi connectivity index (χ0v) is 12.0. The van der Waals surface area contributed by atoms with Crippen LogP contribution in [0.5, 0.6) is 0 Å². The molecular weight excluding hydrogens is 220 g/mol. The second kappa shape index (κ2) is 5.92. The molecule has 3 aliphatic rings. The summed E-state index contributed by atoms with van der Waals surface area (Å²) in [6, 6.07) is 1.82. The van der Waals surface area contributed by atoms with Gasteiger partial charge in [-0.1, -0.05) is 6.92 Å². The summed E-state index contributed by atoms with van der Waals surface area (Å²) in [6.45, 7) is 6.46. The minimum Gasteiger partial charge on any atom is -0.314 e. The number of hydrogen-bond acceptors (Lipinski definition) is 2. The molecule has 1 saturated heterocycles. The van der Waals surface area contributed by atoms with Gasteiger partial charge in [-0.15, -0.1) is 0 Å². The van der Waals surface area contributed by atoms with E-state index in [1.54, 1.807) is 0 Å². The highest BCUT2D eigenvalue weighted by Gasteiger charge is 2.28. The molecule has 0 atom stereocenters. The molecule has 0 amide bonds. The summed E-state index contributed by atoms with van der Waals surface area (Å²) < 4.78 is 0. The molecule has 2 saturated carbocycles. The molecule has 0 unspecified atom stereocenters. The van der Waals surface area contributed by atoms with Crippen LogP contribution in [0, 0.1) is 11.8 Å². The van der Waals surface area contributed by atoms with Gasteiger partial charge in [0.05, 0.1) is 0 Å². The fourth-order valence-corrected chi connectivity index (χ4v) is 3.75. The van der Waals surface area contributed by atoms with E-state index >= 15 is 0 Å². The molecule has 104 valence electrons. The van der Waals surface area contributed by atoms with Crippen molar-refractivity contribution in [1.29, 1.82) is 0 Å². The Morgan fingerprint density at radius 1 is 0.889 bits per heavy atom. The van der Waals surface area contributed by atoms with E-state index in [-0.39, 0.29) is 0 Å². The van der Waals surface area contributed by atoms with Crippen molar-refractivity contribution >= 4 is 0 Å². The lowest BCUT2D eigenvalue weighted by Gasteiger charge is -2.40. The largest absolute Gasteiger partial charge is 0.314 e. The zero-order valence-electron chi connectivity index (χ0n) is 12.0. The van der Waals surface area contributed by atoms with Crippen LogP contribution in [0.4, 0.5) is 0 Å². The Balaban J connectivity index is 1.36. The van der Waals surface area contributed by atoms with Gasteiger partial charge in [0.2, 0.25) is 0 Å². The quantitative estimate of drug-likeness (QED) is 0.825. The first-order valence-electron chi connectivity index (χ1n) is 8.28. The monoisotopic (exact) mass is 250 g/mol. The van der Waals surface area contributed by atoms with Gasteiger partial charge in [-0.05, 0) is 82.8 Å². The predicted octanol–water partition coefficient (Wildman–Crippen LogP) is 3.03. The molecule has 1 heterocycles. The minimum atomic E-state index is 0.892. The first-order chi connectivity index (χ1) is 8.81. The van der Waals surface area contributed by atoms with E-state index in [0.29, 0.717) is 0 Å². The standard InChI is InChI=1S/C16H30N2/c1-13-2-6-16(7-3-13)18-10-8-14(9-11-18)12-17-15-4-5-15/h13-17H,2-12H2,1H3. The van der Waals surface area contributed by atoms with E-state index in [1.807, 2.05) is 0 Å². The molecule has 0 aromatic heterocycles. The number of nitrogens with one attached hydrogen (secondary N) is 1. The first kappa shape index (κ1) is 12.9. The normalized spacial score (nSPS) is 35.8. The predicted molar refractivity (Wildman–Crippen MR) is 76.7 cm³/mol. The van der Waals surface area contributed by atoms with E-state index in [1.165, 1.54) is 71.0 Å². The summed E-state index contributed by atoms with van der Waals surface area (Å²) in [5.41, 5.74) is 0. The Kier molecular flexibility index (Phi) is 4.25. The molecule has 2 nitrogen and oxygen atoms in total. The van der Waals surface area contributed by atoms with Crippen LogP contribution in [0.25, 0.3) is 0 Å². The van der Waals surface area contributed by atoms with Gasteiger partial charge in [0.1, 0.15) is 0 Å². The van der Waals surface area contributed by atoms with Crippen LogP contribution in [0.1, 0.15) is 58.3 Å². The van der Waals surface area contributed by atoms with Crippen LogP contribution in [0.15, 0.2) is 0 Å². The molecular formula is C16H30N2. The topological polar surface area (TPSA) is 15.3 Å². The molecule has 1 aliphatic heterocycles. The van der Waals surface area contributed by atoms with E-state index in [9.17, 15) is 0 Å². The summed E-state index contributed by atoms with van der Waals surface area (Å²) in [4.78, 5) is 2.81. The third-order valence-electron chi connectivity index (χ3n) is 5.42. The van der Waals surface area contributed by atoms with E-state index in [2.05, 4.69) is 17.1 Å². The molecule has 18 heavy (non-hydrogen) atoms. The lowest BCUT2D eigenvalue weighted by atomic mass is 9.85. The van der Waals surface area contributed by atoms with Gasteiger partial charge in [-0.25, -0.2) is 0 Å². The Morgan fingerprint density at radius 3 is 2.17 bits per heavy atom. The van der Waals surface area contributed by atoms with Crippen LogP contribution in [0.3, 0.4) is 0 Å². The number of piperidine rings is 1. The van der Waals surface area contributed by atoms with Crippen molar-refractivity contribution in [1.82, 2.24) is 10.2 Å². The van der Waals surface area contributed by atoms with E-state index in [0.717, 1.165) is 23.9 Å². The Hall–Kier alpha value is -0.0800. The second-order valence-corrected chi connectivity index (χ2v) is 7.08. The van der Waals surface area contributed by atoms with Crippen LogP contribution in [-0.4, -0.2) is 36.6 Å². The van der Waals surface area contributed by atoms with Crippen molar-refractivity contribution in [3.8, 4) is 0 Å². The van der Waals surface area contributed by atoms with E-state index < -0.39 is 0 Å². The summed E-state index contributed by atoms with van der Waals surface area (Å²) in [7, 11) is 0. The van der Waals surface area contributed by atoms with Crippen LogP contribution in [0.2, 0.25) is 0 Å². The van der Waals surface area contributed by atoms with E-state index in [4.69, 9.17) is 0 Å². The minimum absolute atomic E-state index is 0.892. The molecule has 2 aliphatic carbocycles. The van der Waals surface area contributed by atoms with Gasteiger partial charge in [-0.2, -0.15) is 0 Å². The average Bonchev–Trinajstić information content (AvgIpc) is 3.22. The van der Waals surface area contributed by atoms with Gasteiger partial charge in [0.15, 0.2) is 0 Å². The lowest BCUT2D eigenvalue weighted by molar-refractivity contribution is 0.0963. The smallest absolute Gasteiger partial charge is 0.00954 e. The van der Waals surface area contributed by atoms with Gasteiger partial charge < -0.3 is 10.2 Å². The van der Waals surface area contributed by atoms with Crippen LogP contribution >= 0.6 is 0 Å². The fourth-order valence-electron chi connectivity index (χ4n) is 3.75. The third kappa shape index (κ3) is 3.48. The maximum absolute atomic E-state index is 3.71. The Bertz CT molecular complexity index is 246. The molecule has 3 rings (SSSR count). The molecule has 0 bridgehead atoms. The van der Waals surface area contributed by atoms with Crippen LogP contribution in [-0.2, 0) is 0 Å². The van der Waals surface area contributed by atoms with Crippen molar-refractivity contribution < 1.29 is 0 Å². The van der Waals surface area contributed by atoms with Crippen molar-refractivity contribution in [3.63, 3.8) is 0 Å². The summed E-state index contributed by atoms with van der Waals surface area (Å²) in [5, 5.41) is 3.71. The molecule has 0 aromatic carbocycles. The number of rotatable bonds is 4. The highest BCUT2D eigenvalue weighted by Crippen LogP contribution is 2.30. The number of likely N-dealkylation sites (tertiary alicyclic amines) is 1. The molecule has 0 radical (unpaired) electrons. The molecule has 2 heteroatoms. The Morgan fingerprint density at radius 2 is 1.56 bits per heavy atom. The van der Waals surface area contributed by atoms with Gasteiger partial charge >= 0.3 is 0 Å². The summed E-state index contributed by atoms with van der Waals surface area (Å²) >= 11 is 0. The summed E-state index contributed by atoms with van der Waals surface area (Å²) in [5.74, 6) is 1.95. The number of hydrogen-bond donors (Lipinski definition) is 1. The van der Waals surface area contributed by atoms with Crippen molar-refractivity contribution in [2.24, 2.45) is 11.8 Å².